The van der Waals surface area contributed by atoms with Crippen LogP contribution in [0.2, 0.25) is 0 Å². The van der Waals surface area contributed by atoms with Gasteiger partial charge in [0, 0.05) is 5.92 Å². The van der Waals surface area contributed by atoms with Gasteiger partial charge in [-0.05, 0) is 50.2 Å². The number of ether oxygens (including phenoxy) is 1. The first-order valence-electron chi connectivity index (χ1n) is 6.54. The maximum absolute atomic E-state index is 13.7. The lowest BCUT2D eigenvalue weighted by atomic mass is 9.83. The molecule has 1 aromatic rings. The molecule has 0 aromatic heterocycles. The molecule has 0 bridgehead atoms. The zero-order chi connectivity index (χ0) is 13.0. The van der Waals surface area contributed by atoms with Crippen LogP contribution in [0.3, 0.4) is 0 Å². The summed E-state index contributed by atoms with van der Waals surface area (Å²) in [6.45, 7) is 2.28. The van der Waals surface area contributed by atoms with Crippen molar-refractivity contribution in [3.05, 3.63) is 29.6 Å². The zero-order valence-electron chi connectivity index (χ0n) is 10.7. The van der Waals surface area contributed by atoms with E-state index in [1.54, 1.807) is 25.1 Å². The van der Waals surface area contributed by atoms with Crippen LogP contribution in [-0.2, 0) is 4.79 Å². The number of aldehydes is 1. The highest BCUT2D eigenvalue weighted by atomic mass is 19.1. The van der Waals surface area contributed by atoms with Crippen LogP contribution in [-0.4, -0.2) is 12.9 Å². The molecule has 1 saturated carbocycles. The molecule has 1 aliphatic carbocycles. The van der Waals surface area contributed by atoms with Gasteiger partial charge >= 0.3 is 0 Å². The molecule has 2 nitrogen and oxygen atoms in total. The van der Waals surface area contributed by atoms with E-state index in [1.807, 2.05) is 0 Å². The van der Waals surface area contributed by atoms with Crippen molar-refractivity contribution in [2.24, 2.45) is 11.8 Å². The molecule has 0 atom stereocenters. The van der Waals surface area contributed by atoms with E-state index in [4.69, 9.17) is 4.74 Å². The molecular formula is C15H19FO2. The molecule has 3 heteroatoms. The number of hydrogen-bond donors (Lipinski definition) is 0. The molecule has 1 aromatic carbocycles. The fraction of sp³-hybridized carbons (Fsp3) is 0.533. The second-order valence-corrected chi connectivity index (χ2v) is 5.11. The van der Waals surface area contributed by atoms with Gasteiger partial charge in [-0.15, -0.1) is 0 Å². The number of hydrogen-bond acceptors (Lipinski definition) is 2. The maximum atomic E-state index is 13.7. The molecule has 1 fully saturated rings. The van der Waals surface area contributed by atoms with Crippen LogP contribution in [0.15, 0.2) is 18.2 Å². The summed E-state index contributed by atoms with van der Waals surface area (Å²) >= 11 is 0. The minimum absolute atomic E-state index is 0.219. The Morgan fingerprint density at radius 1 is 1.33 bits per heavy atom. The van der Waals surface area contributed by atoms with Crippen LogP contribution >= 0.6 is 0 Å². The Bertz CT molecular complexity index is 409. The Labute approximate surface area is 107 Å². The lowest BCUT2D eigenvalue weighted by Crippen LogP contribution is -2.20. The van der Waals surface area contributed by atoms with Gasteiger partial charge in [-0.25, -0.2) is 4.39 Å². The van der Waals surface area contributed by atoms with Crippen molar-refractivity contribution in [3.63, 3.8) is 0 Å². The minimum atomic E-state index is -0.265. The summed E-state index contributed by atoms with van der Waals surface area (Å²) in [6, 6.07) is 5.20. The number of benzene rings is 1. The van der Waals surface area contributed by atoms with Crippen LogP contribution < -0.4 is 4.74 Å². The van der Waals surface area contributed by atoms with Crippen molar-refractivity contribution < 1.29 is 13.9 Å². The van der Waals surface area contributed by atoms with Gasteiger partial charge < -0.3 is 9.53 Å². The first kappa shape index (κ1) is 13.1. The lowest BCUT2D eigenvalue weighted by molar-refractivity contribution is -0.112. The largest absolute Gasteiger partial charge is 0.490 e. The molecule has 0 unspecified atom stereocenters. The smallest absolute Gasteiger partial charge is 0.167 e. The van der Waals surface area contributed by atoms with Gasteiger partial charge in [-0.3, -0.25) is 0 Å². The van der Waals surface area contributed by atoms with Crippen molar-refractivity contribution in [2.75, 3.05) is 6.61 Å². The Morgan fingerprint density at radius 3 is 2.72 bits per heavy atom. The standard InChI is InChI=1S/C15H19FO2/c1-11-3-2-4-14(15(11)16)18-10-13-7-5-12(9-17)6-8-13/h2-4,9,12-13H,5-8,10H2,1H3. The van der Waals surface area contributed by atoms with Crippen molar-refractivity contribution in [1.29, 1.82) is 0 Å². The predicted molar refractivity (Wildman–Crippen MR) is 68.1 cm³/mol. The molecule has 18 heavy (non-hydrogen) atoms. The second-order valence-electron chi connectivity index (χ2n) is 5.11. The van der Waals surface area contributed by atoms with Crippen LogP contribution in [0.4, 0.5) is 4.39 Å². The number of rotatable bonds is 4. The van der Waals surface area contributed by atoms with E-state index in [1.165, 1.54) is 0 Å². The summed E-state index contributed by atoms with van der Waals surface area (Å²) in [4.78, 5) is 10.6. The van der Waals surface area contributed by atoms with Gasteiger partial charge in [0.15, 0.2) is 11.6 Å². The van der Waals surface area contributed by atoms with Gasteiger partial charge in [0.25, 0.3) is 0 Å². The Hall–Kier alpha value is -1.38. The summed E-state index contributed by atoms with van der Waals surface area (Å²) in [7, 11) is 0. The van der Waals surface area contributed by atoms with Gasteiger partial charge in [0.2, 0.25) is 0 Å². The molecule has 0 saturated heterocycles. The Kier molecular flexibility index (Phi) is 4.34. The summed E-state index contributed by atoms with van der Waals surface area (Å²) in [5, 5.41) is 0. The number of carbonyl (C=O) groups is 1. The summed E-state index contributed by atoms with van der Waals surface area (Å²) < 4.78 is 19.3. The first-order valence-corrected chi connectivity index (χ1v) is 6.54. The normalized spacial score (nSPS) is 23.7. The topological polar surface area (TPSA) is 26.3 Å². The second kappa shape index (κ2) is 5.98. The summed E-state index contributed by atoms with van der Waals surface area (Å²) in [6.07, 6.45) is 4.92. The molecule has 0 heterocycles. The Morgan fingerprint density at radius 2 is 2.06 bits per heavy atom. The van der Waals surface area contributed by atoms with Crippen LogP contribution in [0.1, 0.15) is 31.2 Å². The SMILES string of the molecule is Cc1cccc(OCC2CCC(C=O)CC2)c1F. The predicted octanol–water partition coefficient (Wildman–Crippen LogP) is 3.52. The van der Waals surface area contributed by atoms with Crippen molar-refractivity contribution in [2.45, 2.75) is 32.6 Å². The molecule has 0 amide bonds. The van der Waals surface area contributed by atoms with E-state index in [0.717, 1.165) is 32.0 Å². The van der Waals surface area contributed by atoms with Gasteiger partial charge in [-0.2, -0.15) is 0 Å². The van der Waals surface area contributed by atoms with Gasteiger partial charge in [-0.1, -0.05) is 12.1 Å². The molecule has 1 aliphatic rings. The van der Waals surface area contributed by atoms with E-state index in [9.17, 15) is 9.18 Å². The highest BCUT2D eigenvalue weighted by Crippen LogP contribution is 2.29. The third-order valence-electron chi connectivity index (χ3n) is 3.71. The maximum Gasteiger partial charge on any atom is 0.167 e. The fourth-order valence-electron chi connectivity index (χ4n) is 2.43. The van der Waals surface area contributed by atoms with Crippen LogP contribution in [0.5, 0.6) is 5.75 Å². The van der Waals surface area contributed by atoms with E-state index in [-0.39, 0.29) is 11.7 Å². The van der Waals surface area contributed by atoms with E-state index >= 15 is 0 Å². The third kappa shape index (κ3) is 3.09. The first-order chi connectivity index (χ1) is 8.70. The Balaban J connectivity index is 1.85. The van der Waals surface area contributed by atoms with Gasteiger partial charge in [0.1, 0.15) is 6.29 Å². The quantitative estimate of drug-likeness (QED) is 0.764. The number of aryl methyl sites for hydroxylation is 1. The summed E-state index contributed by atoms with van der Waals surface area (Å²) in [5.74, 6) is 0.740. The van der Waals surface area contributed by atoms with Crippen molar-refractivity contribution in [1.82, 2.24) is 0 Å². The zero-order valence-corrected chi connectivity index (χ0v) is 10.7. The van der Waals surface area contributed by atoms with Crippen LogP contribution in [0, 0.1) is 24.6 Å². The summed E-state index contributed by atoms with van der Waals surface area (Å²) in [5.41, 5.74) is 0.608. The molecular weight excluding hydrogens is 231 g/mol. The van der Waals surface area contributed by atoms with E-state index in [0.29, 0.717) is 23.8 Å². The molecule has 98 valence electrons. The molecule has 0 aliphatic heterocycles. The molecule has 0 radical (unpaired) electrons. The highest BCUT2D eigenvalue weighted by molar-refractivity contribution is 5.53. The fourth-order valence-corrected chi connectivity index (χ4v) is 2.43. The van der Waals surface area contributed by atoms with E-state index in [2.05, 4.69) is 0 Å². The molecule has 0 spiro atoms. The minimum Gasteiger partial charge on any atom is -0.490 e. The van der Waals surface area contributed by atoms with Crippen LogP contribution in [0.25, 0.3) is 0 Å². The average molecular weight is 250 g/mol. The average Bonchev–Trinajstić information content (AvgIpc) is 2.41. The monoisotopic (exact) mass is 250 g/mol. The van der Waals surface area contributed by atoms with Crippen molar-refractivity contribution >= 4 is 6.29 Å². The number of carbonyl (C=O) groups excluding carboxylic acids is 1. The molecule has 2 rings (SSSR count). The third-order valence-corrected chi connectivity index (χ3v) is 3.71. The molecule has 0 N–H and O–H groups in total. The number of halogens is 1. The van der Waals surface area contributed by atoms with Crippen molar-refractivity contribution in [3.8, 4) is 5.75 Å². The van der Waals surface area contributed by atoms with E-state index < -0.39 is 0 Å². The lowest BCUT2D eigenvalue weighted by Gasteiger charge is -2.25. The highest BCUT2D eigenvalue weighted by Gasteiger charge is 2.21. The van der Waals surface area contributed by atoms with Gasteiger partial charge in [0.05, 0.1) is 6.61 Å².